The molecule has 2 rings (SSSR count). The minimum Gasteiger partial charge on any atom is -0.490 e. The van der Waals surface area contributed by atoms with Gasteiger partial charge in [-0.15, -0.1) is 0 Å². The molecule has 0 radical (unpaired) electrons. The first-order chi connectivity index (χ1) is 10.2. The second kappa shape index (κ2) is 7.96. The first kappa shape index (κ1) is 15.7. The molecule has 0 aliphatic rings. The van der Waals surface area contributed by atoms with Gasteiger partial charge >= 0.3 is 0 Å². The fraction of sp³-hybridized carbons (Fsp3) is 0.375. The van der Waals surface area contributed by atoms with E-state index in [2.05, 4.69) is 16.9 Å². The zero-order valence-corrected chi connectivity index (χ0v) is 13.1. The maximum atomic E-state index is 6.10. The number of methoxy groups -OCH3 is 1. The van der Waals surface area contributed by atoms with Crippen molar-refractivity contribution in [2.24, 2.45) is 0 Å². The summed E-state index contributed by atoms with van der Waals surface area (Å²) < 4.78 is 10.8. The Balaban J connectivity index is 2.32. The topological polar surface area (TPSA) is 44.2 Å². The molecule has 0 aliphatic heterocycles. The lowest BCUT2D eigenvalue weighted by Crippen LogP contribution is -2.05. The van der Waals surface area contributed by atoms with E-state index in [1.807, 2.05) is 24.3 Å². The highest BCUT2D eigenvalue weighted by molar-refractivity contribution is 6.29. The predicted octanol–water partition coefficient (Wildman–Crippen LogP) is 3.77. The SMILES string of the molecule is CCCc1nc(Cl)cc(-c2ccccc2OCCOC)n1. The maximum absolute atomic E-state index is 6.10. The van der Waals surface area contributed by atoms with Gasteiger partial charge in [-0.25, -0.2) is 9.97 Å². The standard InChI is InChI=1S/C16H19ClN2O2/c1-3-6-16-18-13(11-15(17)19-16)12-7-4-5-8-14(12)21-10-9-20-2/h4-5,7-8,11H,3,6,9-10H2,1-2H3. The van der Waals surface area contributed by atoms with Crippen molar-refractivity contribution in [3.63, 3.8) is 0 Å². The molecular formula is C16H19ClN2O2. The van der Waals surface area contributed by atoms with Gasteiger partial charge in [0.25, 0.3) is 0 Å². The molecule has 0 saturated heterocycles. The van der Waals surface area contributed by atoms with Crippen LogP contribution in [0, 0.1) is 0 Å². The number of aromatic nitrogens is 2. The van der Waals surface area contributed by atoms with Crippen LogP contribution in [0.2, 0.25) is 5.15 Å². The van der Waals surface area contributed by atoms with Gasteiger partial charge in [-0.3, -0.25) is 0 Å². The first-order valence-corrected chi connectivity index (χ1v) is 7.37. The third-order valence-corrected chi connectivity index (χ3v) is 3.12. The monoisotopic (exact) mass is 306 g/mol. The van der Waals surface area contributed by atoms with Gasteiger partial charge in [-0.05, 0) is 18.6 Å². The number of para-hydroxylation sites is 1. The van der Waals surface area contributed by atoms with Crippen molar-refractivity contribution in [2.45, 2.75) is 19.8 Å². The van der Waals surface area contributed by atoms with E-state index in [0.717, 1.165) is 35.7 Å². The largest absolute Gasteiger partial charge is 0.490 e. The molecule has 0 unspecified atom stereocenters. The van der Waals surface area contributed by atoms with E-state index < -0.39 is 0 Å². The van der Waals surface area contributed by atoms with E-state index in [1.54, 1.807) is 13.2 Å². The molecule has 0 amide bonds. The van der Waals surface area contributed by atoms with Crippen molar-refractivity contribution in [3.8, 4) is 17.0 Å². The molecule has 2 aromatic rings. The van der Waals surface area contributed by atoms with Crippen molar-refractivity contribution in [2.75, 3.05) is 20.3 Å². The third-order valence-electron chi connectivity index (χ3n) is 2.92. The molecule has 1 aromatic carbocycles. The number of ether oxygens (including phenoxy) is 2. The Morgan fingerprint density at radius 3 is 2.71 bits per heavy atom. The summed E-state index contributed by atoms with van der Waals surface area (Å²) in [5.41, 5.74) is 1.70. The lowest BCUT2D eigenvalue weighted by atomic mass is 10.1. The molecule has 0 fully saturated rings. The number of benzene rings is 1. The molecule has 5 heteroatoms. The second-order valence-electron chi connectivity index (χ2n) is 4.58. The van der Waals surface area contributed by atoms with Crippen LogP contribution >= 0.6 is 11.6 Å². The molecule has 0 aliphatic carbocycles. The highest BCUT2D eigenvalue weighted by Crippen LogP contribution is 2.29. The van der Waals surface area contributed by atoms with Gasteiger partial charge in [-0.2, -0.15) is 0 Å². The minimum atomic E-state index is 0.454. The fourth-order valence-electron chi connectivity index (χ4n) is 1.98. The lowest BCUT2D eigenvalue weighted by Gasteiger charge is -2.11. The van der Waals surface area contributed by atoms with Crippen LogP contribution in [0.5, 0.6) is 5.75 Å². The Bertz CT molecular complexity index is 590. The van der Waals surface area contributed by atoms with Crippen LogP contribution in [-0.4, -0.2) is 30.3 Å². The molecule has 0 saturated carbocycles. The second-order valence-corrected chi connectivity index (χ2v) is 4.97. The number of halogens is 1. The number of hydrogen-bond acceptors (Lipinski definition) is 4. The fourth-order valence-corrected chi connectivity index (χ4v) is 2.18. The highest BCUT2D eigenvalue weighted by atomic mass is 35.5. The Hall–Kier alpha value is -1.65. The van der Waals surface area contributed by atoms with E-state index in [0.29, 0.717) is 18.4 Å². The van der Waals surface area contributed by atoms with E-state index in [9.17, 15) is 0 Å². The number of hydrogen-bond donors (Lipinski definition) is 0. The summed E-state index contributed by atoms with van der Waals surface area (Å²) >= 11 is 6.10. The summed E-state index contributed by atoms with van der Waals surface area (Å²) in [4.78, 5) is 8.82. The third kappa shape index (κ3) is 4.41. The van der Waals surface area contributed by atoms with Crippen molar-refractivity contribution >= 4 is 11.6 Å². The molecule has 4 nitrogen and oxygen atoms in total. The Morgan fingerprint density at radius 1 is 1.14 bits per heavy atom. The Morgan fingerprint density at radius 2 is 1.95 bits per heavy atom. The van der Waals surface area contributed by atoms with Crippen LogP contribution in [0.1, 0.15) is 19.2 Å². The van der Waals surface area contributed by atoms with Crippen molar-refractivity contribution in [1.29, 1.82) is 0 Å². The lowest BCUT2D eigenvalue weighted by molar-refractivity contribution is 0.146. The molecule has 1 heterocycles. The van der Waals surface area contributed by atoms with Gasteiger partial charge < -0.3 is 9.47 Å². The van der Waals surface area contributed by atoms with Gasteiger partial charge in [0.05, 0.1) is 12.3 Å². The first-order valence-electron chi connectivity index (χ1n) is 6.99. The van der Waals surface area contributed by atoms with E-state index in [1.165, 1.54) is 0 Å². The van der Waals surface area contributed by atoms with Gasteiger partial charge in [0, 0.05) is 25.2 Å². The smallest absolute Gasteiger partial charge is 0.133 e. The molecule has 0 bridgehead atoms. The van der Waals surface area contributed by atoms with Crippen LogP contribution in [0.3, 0.4) is 0 Å². The van der Waals surface area contributed by atoms with Crippen LogP contribution < -0.4 is 4.74 Å². The van der Waals surface area contributed by atoms with E-state index >= 15 is 0 Å². The summed E-state index contributed by atoms with van der Waals surface area (Å²) in [5, 5.41) is 0.454. The summed E-state index contributed by atoms with van der Waals surface area (Å²) in [7, 11) is 1.65. The summed E-state index contributed by atoms with van der Waals surface area (Å²) in [6.45, 7) is 3.12. The van der Waals surface area contributed by atoms with Gasteiger partial charge in [0.15, 0.2) is 0 Å². The number of rotatable bonds is 7. The summed E-state index contributed by atoms with van der Waals surface area (Å²) in [6, 6.07) is 9.53. The van der Waals surface area contributed by atoms with Gasteiger partial charge in [-0.1, -0.05) is 30.7 Å². The normalized spacial score (nSPS) is 10.6. The zero-order valence-electron chi connectivity index (χ0n) is 12.3. The molecule has 0 spiro atoms. The summed E-state index contributed by atoms with van der Waals surface area (Å²) in [6.07, 6.45) is 1.78. The molecule has 0 atom stereocenters. The van der Waals surface area contributed by atoms with Crippen LogP contribution in [0.25, 0.3) is 11.3 Å². The zero-order chi connectivity index (χ0) is 15.1. The summed E-state index contributed by atoms with van der Waals surface area (Å²) in [5.74, 6) is 1.53. The average molecular weight is 307 g/mol. The number of nitrogens with zero attached hydrogens (tertiary/aromatic N) is 2. The minimum absolute atomic E-state index is 0.454. The number of aryl methyl sites for hydroxylation is 1. The predicted molar refractivity (Wildman–Crippen MR) is 83.8 cm³/mol. The highest BCUT2D eigenvalue weighted by Gasteiger charge is 2.10. The average Bonchev–Trinajstić information content (AvgIpc) is 2.48. The molecule has 112 valence electrons. The molecular weight excluding hydrogens is 288 g/mol. The Kier molecular flexibility index (Phi) is 5.96. The molecule has 1 aromatic heterocycles. The van der Waals surface area contributed by atoms with Crippen LogP contribution in [0.15, 0.2) is 30.3 Å². The van der Waals surface area contributed by atoms with E-state index in [-0.39, 0.29) is 0 Å². The Labute approximate surface area is 130 Å². The van der Waals surface area contributed by atoms with Gasteiger partial charge in [0.2, 0.25) is 0 Å². The maximum Gasteiger partial charge on any atom is 0.133 e. The van der Waals surface area contributed by atoms with Crippen molar-refractivity contribution < 1.29 is 9.47 Å². The van der Waals surface area contributed by atoms with Crippen LogP contribution in [-0.2, 0) is 11.2 Å². The van der Waals surface area contributed by atoms with Crippen molar-refractivity contribution in [1.82, 2.24) is 9.97 Å². The molecule has 21 heavy (non-hydrogen) atoms. The molecule has 0 N–H and O–H groups in total. The van der Waals surface area contributed by atoms with E-state index in [4.69, 9.17) is 21.1 Å². The van der Waals surface area contributed by atoms with Crippen LogP contribution in [0.4, 0.5) is 0 Å². The van der Waals surface area contributed by atoms with Gasteiger partial charge in [0.1, 0.15) is 23.3 Å². The quantitative estimate of drug-likeness (QED) is 0.577. The van der Waals surface area contributed by atoms with Crippen molar-refractivity contribution in [3.05, 3.63) is 41.3 Å².